The van der Waals surface area contributed by atoms with Crippen LogP contribution >= 0.6 is 0 Å². The van der Waals surface area contributed by atoms with Gasteiger partial charge in [0.05, 0.1) is 6.61 Å². The molecule has 1 heterocycles. The lowest BCUT2D eigenvalue weighted by atomic mass is 10.0. The molecule has 148 valence electrons. The molecule has 0 spiro atoms. The van der Waals surface area contributed by atoms with Crippen molar-refractivity contribution in [1.82, 2.24) is 5.32 Å². The molecule has 0 aromatic carbocycles. The molecule has 0 unspecified atom stereocenters. The van der Waals surface area contributed by atoms with Gasteiger partial charge >= 0.3 is 0 Å². The van der Waals surface area contributed by atoms with E-state index in [4.69, 9.17) is 11.5 Å². The van der Waals surface area contributed by atoms with Crippen molar-refractivity contribution in [2.24, 2.45) is 10.2 Å². The van der Waals surface area contributed by atoms with E-state index >= 15 is 0 Å². The lowest BCUT2D eigenvalue weighted by Gasteiger charge is -2.06. The summed E-state index contributed by atoms with van der Waals surface area (Å²) in [5.41, 5.74) is -0.124. The minimum atomic E-state index is -0.124. The van der Waals surface area contributed by atoms with Crippen LogP contribution in [0, 0.1) is 12.3 Å². The zero-order valence-electron chi connectivity index (χ0n) is 16.3. The molecular weight excluding hydrogens is 338 g/mol. The van der Waals surface area contributed by atoms with Crippen LogP contribution in [0.4, 0.5) is 0 Å². The van der Waals surface area contributed by atoms with Crippen molar-refractivity contribution < 1.29 is 9.90 Å². The van der Waals surface area contributed by atoms with Gasteiger partial charge in [0, 0.05) is 19.4 Å². The van der Waals surface area contributed by atoms with Gasteiger partial charge in [0.15, 0.2) is 5.66 Å². The molecule has 0 saturated carbocycles. The minimum absolute atomic E-state index is 0.00616. The normalized spacial score (nSPS) is 15.0. The smallest absolute Gasteiger partial charge is 0.220 e. The summed E-state index contributed by atoms with van der Waals surface area (Å²) in [6.45, 7) is 0.332. The monoisotopic (exact) mass is 371 g/mol. The summed E-state index contributed by atoms with van der Waals surface area (Å²) in [4.78, 5) is 11.3. The summed E-state index contributed by atoms with van der Waals surface area (Å²) < 4.78 is 0. The largest absolute Gasteiger partial charge is 0.395 e. The van der Waals surface area contributed by atoms with E-state index in [-0.39, 0.29) is 18.2 Å². The summed E-state index contributed by atoms with van der Waals surface area (Å²) in [5.74, 6) is 2.67. The fraction of sp³-hybridized carbons (Fsp3) is 0.591. The van der Waals surface area contributed by atoms with Crippen molar-refractivity contribution in [2.75, 3.05) is 13.2 Å². The number of hydrogen-bond donors (Lipinski definition) is 2. The topological polar surface area (TPSA) is 74.0 Å². The van der Waals surface area contributed by atoms with Crippen LogP contribution in [0.2, 0.25) is 0 Å². The molecule has 27 heavy (non-hydrogen) atoms. The summed E-state index contributed by atoms with van der Waals surface area (Å²) in [5, 5.41) is 19.6. The maximum Gasteiger partial charge on any atom is 0.220 e. The molecule has 1 amide bonds. The van der Waals surface area contributed by atoms with Crippen LogP contribution in [0.25, 0.3) is 0 Å². The zero-order chi connectivity index (χ0) is 19.6. The third-order valence-corrected chi connectivity index (χ3v) is 4.25. The second-order valence-electron chi connectivity index (χ2n) is 6.63. The van der Waals surface area contributed by atoms with Crippen molar-refractivity contribution in [2.45, 2.75) is 69.9 Å². The Morgan fingerprint density at radius 3 is 2.30 bits per heavy atom. The van der Waals surface area contributed by atoms with Gasteiger partial charge in [-0.2, -0.15) is 10.2 Å². The number of amides is 1. The molecule has 0 aliphatic carbocycles. The molecule has 2 N–H and O–H groups in total. The lowest BCUT2D eigenvalue weighted by molar-refractivity contribution is -0.121. The van der Waals surface area contributed by atoms with Gasteiger partial charge in [-0.05, 0) is 51.4 Å². The average Bonchev–Trinajstić information content (AvgIpc) is 3.44. The van der Waals surface area contributed by atoms with Crippen molar-refractivity contribution in [1.29, 1.82) is 0 Å². The van der Waals surface area contributed by atoms with Crippen molar-refractivity contribution >= 4 is 5.91 Å². The van der Waals surface area contributed by atoms with Crippen LogP contribution < -0.4 is 5.32 Å². The van der Waals surface area contributed by atoms with Gasteiger partial charge in [0.25, 0.3) is 0 Å². The number of carbonyl (C=O) groups excluding carboxylic acids is 1. The molecular formula is C22H33N3O2. The number of hydrogen-bond acceptors (Lipinski definition) is 4. The molecule has 0 aromatic heterocycles. The number of carbonyl (C=O) groups is 1. The van der Waals surface area contributed by atoms with Crippen LogP contribution in [0.3, 0.4) is 0 Å². The summed E-state index contributed by atoms with van der Waals surface area (Å²) in [7, 11) is 0. The van der Waals surface area contributed by atoms with E-state index in [1.807, 2.05) is 0 Å². The van der Waals surface area contributed by atoms with Crippen molar-refractivity contribution in [3.8, 4) is 12.3 Å². The Morgan fingerprint density at radius 2 is 1.67 bits per heavy atom. The number of aliphatic hydroxyl groups excluding tert-OH is 1. The summed E-state index contributed by atoms with van der Waals surface area (Å²) in [6, 6.07) is 0. The fourth-order valence-corrected chi connectivity index (χ4v) is 2.63. The molecule has 0 saturated heterocycles. The second kappa shape index (κ2) is 14.9. The molecule has 5 heteroatoms. The third kappa shape index (κ3) is 12.7. The van der Waals surface area contributed by atoms with Crippen molar-refractivity contribution in [3.05, 3.63) is 36.5 Å². The van der Waals surface area contributed by atoms with E-state index in [9.17, 15) is 4.79 Å². The molecule has 1 aliphatic heterocycles. The zero-order valence-corrected chi connectivity index (χ0v) is 16.3. The van der Waals surface area contributed by atoms with E-state index < -0.39 is 0 Å². The maximum atomic E-state index is 11.3. The maximum absolute atomic E-state index is 11.3. The summed E-state index contributed by atoms with van der Waals surface area (Å²) in [6.07, 6.45) is 27.1. The Hall–Kier alpha value is -2.19. The van der Waals surface area contributed by atoms with Gasteiger partial charge in [-0.3, -0.25) is 4.79 Å². The molecule has 0 fully saturated rings. The highest BCUT2D eigenvalue weighted by Gasteiger charge is 2.37. The molecule has 0 bridgehead atoms. The van der Waals surface area contributed by atoms with Gasteiger partial charge in [-0.1, -0.05) is 36.5 Å². The van der Waals surface area contributed by atoms with Gasteiger partial charge in [-0.25, -0.2) is 0 Å². The number of aliphatic hydroxyl groups is 1. The Labute approximate surface area is 163 Å². The Bertz CT molecular complexity index is 565. The highest BCUT2D eigenvalue weighted by molar-refractivity contribution is 5.75. The number of unbranched alkanes of at least 4 members (excludes halogenated alkanes) is 2. The number of rotatable bonds is 16. The first-order valence-electron chi connectivity index (χ1n) is 9.92. The van der Waals surface area contributed by atoms with E-state index in [0.29, 0.717) is 13.0 Å². The van der Waals surface area contributed by atoms with Crippen LogP contribution in [-0.4, -0.2) is 29.8 Å². The van der Waals surface area contributed by atoms with E-state index in [0.717, 1.165) is 57.8 Å². The molecule has 1 aliphatic rings. The number of nitrogens with zero attached hydrogens (tertiary/aromatic N) is 2. The van der Waals surface area contributed by atoms with Gasteiger partial charge in [0.1, 0.15) is 0 Å². The van der Waals surface area contributed by atoms with E-state index in [2.05, 4.69) is 57.9 Å². The standard InChI is InChI=1S/C22H33N3O2/c1-2-3-14-17-22(24-25-22)18-15-12-10-8-6-4-5-7-9-11-13-16-21(27)23-19-20-26/h1,4,6-7,9-10,12,26H,3,5,8,11,13-20H2,(H,23,27). The van der Waals surface area contributed by atoms with Crippen LogP contribution in [0.1, 0.15) is 64.2 Å². The van der Waals surface area contributed by atoms with E-state index in [1.54, 1.807) is 0 Å². The predicted octanol–water partition coefficient (Wildman–Crippen LogP) is 4.46. The van der Waals surface area contributed by atoms with E-state index in [1.165, 1.54) is 0 Å². The van der Waals surface area contributed by atoms with Crippen LogP contribution in [-0.2, 0) is 4.79 Å². The number of allylic oxidation sites excluding steroid dienone is 6. The van der Waals surface area contributed by atoms with Gasteiger partial charge < -0.3 is 10.4 Å². The third-order valence-electron chi connectivity index (χ3n) is 4.25. The lowest BCUT2D eigenvalue weighted by Crippen LogP contribution is -2.25. The first-order valence-corrected chi connectivity index (χ1v) is 9.92. The highest BCUT2D eigenvalue weighted by atomic mass is 16.3. The fourth-order valence-electron chi connectivity index (χ4n) is 2.63. The first kappa shape index (κ1) is 22.9. The molecule has 0 aromatic rings. The summed E-state index contributed by atoms with van der Waals surface area (Å²) >= 11 is 0. The van der Waals surface area contributed by atoms with Gasteiger partial charge in [0.2, 0.25) is 5.91 Å². The average molecular weight is 372 g/mol. The van der Waals surface area contributed by atoms with Gasteiger partial charge in [-0.15, -0.1) is 12.3 Å². The quantitative estimate of drug-likeness (QED) is 0.239. The van der Waals surface area contributed by atoms with Crippen LogP contribution in [0.5, 0.6) is 0 Å². The van der Waals surface area contributed by atoms with Crippen LogP contribution in [0.15, 0.2) is 46.7 Å². The second-order valence-corrected chi connectivity index (χ2v) is 6.63. The number of terminal acetylenes is 1. The SMILES string of the molecule is C#CCCCC1(CCC=CCC=CCC=CCCCC(=O)NCCO)N=N1. The Kier molecular flexibility index (Phi) is 12.6. The Balaban J connectivity index is 1.94. The first-order chi connectivity index (χ1) is 13.2. The molecule has 0 atom stereocenters. The number of nitrogens with one attached hydrogen (secondary N) is 1. The molecule has 1 rings (SSSR count). The minimum Gasteiger partial charge on any atom is -0.395 e. The van der Waals surface area contributed by atoms with Crippen molar-refractivity contribution in [3.63, 3.8) is 0 Å². The molecule has 0 radical (unpaired) electrons. The Morgan fingerprint density at radius 1 is 1.00 bits per heavy atom. The predicted molar refractivity (Wildman–Crippen MR) is 110 cm³/mol. The molecule has 5 nitrogen and oxygen atoms in total. The highest BCUT2D eigenvalue weighted by Crippen LogP contribution is 2.38.